The van der Waals surface area contributed by atoms with E-state index in [9.17, 15) is 32.3 Å². The highest BCUT2D eigenvalue weighted by molar-refractivity contribution is 6.36. The van der Waals surface area contributed by atoms with Gasteiger partial charge in [-0.15, -0.1) is 0 Å². The molecule has 1 amide bonds. The SMILES string of the molecule is CC(CN(Cc1ccc(F)cc1)C(=O)c1cnn(C2CCC(C(=O)O)CC2)c1C(F)(F)F)c1c(Cl)cccc1Cl. The predicted molar refractivity (Wildman–Crippen MR) is 142 cm³/mol. The number of rotatable bonds is 8. The van der Waals surface area contributed by atoms with Crippen molar-refractivity contribution < 1.29 is 32.3 Å². The third-order valence-electron chi connectivity index (χ3n) is 7.25. The number of carboxylic acids is 1. The summed E-state index contributed by atoms with van der Waals surface area (Å²) in [5.41, 5.74) is -0.735. The predicted octanol–water partition coefficient (Wildman–Crippen LogP) is 7.61. The van der Waals surface area contributed by atoms with Gasteiger partial charge in [-0.05, 0) is 61.1 Å². The second kappa shape index (κ2) is 12.2. The van der Waals surface area contributed by atoms with Gasteiger partial charge in [-0.2, -0.15) is 18.3 Å². The molecule has 1 aromatic heterocycles. The molecule has 1 atom stereocenters. The van der Waals surface area contributed by atoms with Crippen LogP contribution in [0.1, 0.15) is 71.7 Å². The highest BCUT2D eigenvalue weighted by Crippen LogP contribution is 2.40. The molecule has 2 aromatic carbocycles. The largest absolute Gasteiger partial charge is 0.481 e. The van der Waals surface area contributed by atoms with Crippen LogP contribution in [0.5, 0.6) is 0 Å². The molecular weight excluding hydrogens is 573 g/mol. The van der Waals surface area contributed by atoms with Crippen molar-refractivity contribution in [3.63, 3.8) is 0 Å². The highest BCUT2D eigenvalue weighted by Gasteiger charge is 2.43. The fourth-order valence-electron chi connectivity index (χ4n) is 5.25. The Bertz CT molecular complexity index is 1350. The second-order valence-electron chi connectivity index (χ2n) is 10.0. The van der Waals surface area contributed by atoms with E-state index in [1.54, 1.807) is 25.1 Å². The van der Waals surface area contributed by atoms with Gasteiger partial charge in [-0.1, -0.05) is 48.3 Å². The molecule has 0 saturated heterocycles. The van der Waals surface area contributed by atoms with Crippen LogP contribution in [-0.4, -0.2) is 38.2 Å². The molecule has 1 aliphatic carbocycles. The summed E-state index contributed by atoms with van der Waals surface area (Å²) in [6.07, 6.45) is -3.17. The lowest BCUT2D eigenvalue weighted by Crippen LogP contribution is -2.35. The molecule has 0 spiro atoms. The van der Waals surface area contributed by atoms with Crippen molar-refractivity contribution in [3.8, 4) is 0 Å². The Kier molecular flexibility index (Phi) is 9.09. The van der Waals surface area contributed by atoms with Gasteiger partial charge >= 0.3 is 12.1 Å². The van der Waals surface area contributed by atoms with Crippen LogP contribution in [-0.2, 0) is 17.5 Å². The summed E-state index contributed by atoms with van der Waals surface area (Å²) in [5, 5.41) is 13.9. The Balaban J connectivity index is 1.69. The van der Waals surface area contributed by atoms with Crippen LogP contribution in [0.2, 0.25) is 10.0 Å². The van der Waals surface area contributed by atoms with Crippen LogP contribution < -0.4 is 0 Å². The third kappa shape index (κ3) is 6.61. The van der Waals surface area contributed by atoms with Gasteiger partial charge in [0.25, 0.3) is 5.91 Å². The summed E-state index contributed by atoms with van der Waals surface area (Å²) >= 11 is 12.7. The van der Waals surface area contributed by atoms with Crippen LogP contribution in [0.15, 0.2) is 48.7 Å². The Morgan fingerprint density at radius 2 is 1.68 bits per heavy atom. The van der Waals surface area contributed by atoms with Gasteiger partial charge in [-0.25, -0.2) is 4.39 Å². The zero-order valence-electron chi connectivity index (χ0n) is 21.5. The van der Waals surface area contributed by atoms with Crippen molar-refractivity contribution in [1.29, 1.82) is 0 Å². The van der Waals surface area contributed by atoms with E-state index in [0.29, 0.717) is 21.2 Å². The summed E-state index contributed by atoms with van der Waals surface area (Å²) in [4.78, 5) is 26.4. The molecule has 4 rings (SSSR count). The first-order chi connectivity index (χ1) is 18.9. The minimum absolute atomic E-state index is 0.0359. The molecule has 6 nitrogen and oxygen atoms in total. The summed E-state index contributed by atoms with van der Waals surface area (Å²) in [6, 6.07) is 9.57. The number of carbonyl (C=O) groups is 2. The lowest BCUT2D eigenvalue weighted by Gasteiger charge is -2.29. The van der Waals surface area contributed by atoms with Crippen LogP contribution in [0.4, 0.5) is 17.6 Å². The zero-order valence-corrected chi connectivity index (χ0v) is 23.0. The highest BCUT2D eigenvalue weighted by atomic mass is 35.5. The fraction of sp³-hybridized carbons (Fsp3) is 0.393. The number of benzene rings is 2. The maximum Gasteiger partial charge on any atom is 0.433 e. The van der Waals surface area contributed by atoms with Crippen LogP contribution in [0, 0.1) is 11.7 Å². The maximum atomic E-state index is 14.4. The Labute approximate surface area is 238 Å². The Hall–Kier alpha value is -3.11. The molecule has 1 fully saturated rings. The number of aromatic nitrogens is 2. The number of nitrogens with zero attached hydrogens (tertiary/aromatic N) is 3. The van der Waals surface area contributed by atoms with Gasteiger partial charge < -0.3 is 10.0 Å². The number of hydrogen-bond donors (Lipinski definition) is 1. The normalized spacial score (nSPS) is 18.4. The van der Waals surface area contributed by atoms with E-state index in [0.717, 1.165) is 10.9 Å². The van der Waals surface area contributed by atoms with E-state index < -0.39 is 53.0 Å². The molecule has 0 bridgehead atoms. The minimum Gasteiger partial charge on any atom is -0.481 e. The molecule has 40 heavy (non-hydrogen) atoms. The van der Waals surface area contributed by atoms with E-state index in [1.807, 2.05) is 0 Å². The van der Waals surface area contributed by atoms with E-state index in [2.05, 4.69) is 5.10 Å². The molecule has 12 heteroatoms. The van der Waals surface area contributed by atoms with Crippen LogP contribution in [0.25, 0.3) is 0 Å². The molecule has 1 saturated carbocycles. The monoisotopic (exact) mass is 599 g/mol. The smallest absolute Gasteiger partial charge is 0.433 e. The van der Waals surface area contributed by atoms with Gasteiger partial charge in [0.15, 0.2) is 5.69 Å². The first kappa shape index (κ1) is 29.9. The second-order valence-corrected chi connectivity index (χ2v) is 10.9. The third-order valence-corrected chi connectivity index (χ3v) is 7.91. The van der Waals surface area contributed by atoms with Gasteiger partial charge in [0.2, 0.25) is 0 Å². The van der Waals surface area contributed by atoms with Crippen molar-refractivity contribution in [2.24, 2.45) is 5.92 Å². The topological polar surface area (TPSA) is 75.4 Å². The lowest BCUT2D eigenvalue weighted by molar-refractivity contribution is -0.147. The average molecular weight is 600 g/mol. The van der Waals surface area contributed by atoms with E-state index in [-0.39, 0.29) is 38.8 Å². The van der Waals surface area contributed by atoms with Crippen molar-refractivity contribution in [2.45, 2.75) is 57.3 Å². The molecule has 3 aromatic rings. The molecule has 0 aliphatic heterocycles. The zero-order chi connectivity index (χ0) is 29.2. The van der Waals surface area contributed by atoms with Crippen molar-refractivity contribution >= 4 is 35.1 Å². The standard InChI is InChI=1S/C28H27Cl2F4N3O3/c1-16(24-22(29)3-2-4-23(24)30)14-36(15-17-5-9-19(31)10-6-17)26(38)21-13-35-37(25(21)28(32,33)34)20-11-7-18(8-12-20)27(39)40/h2-6,9-10,13,16,18,20H,7-8,11-12,14-15H2,1H3,(H,39,40). The Morgan fingerprint density at radius 1 is 1.07 bits per heavy atom. The first-order valence-corrected chi connectivity index (χ1v) is 13.5. The molecule has 1 heterocycles. The number of carboxylic acid groups (broad SMARTS) is 1. The van der Waals surface area contributed by atoms with Gasteiger partial charge in [0.1, 0.15) is 5.82 Å². The number of amides is 1. The average Bonchev–Trinajstić information content (AvgIpc) is 3.35. The lowest BCUT2D eigenvalue weighted by atomic mass is 9.86. The number of alkyl halides is 3. The molecular formula is C28H27Cl2F4N3O3. The first-order valence-electron chi connectivity index (χ1n) is 12.7. The molecule has 214 valence electrons. The number of halogens is 6. The molecule has 1 N–H and O–H groups in total. The molecule has 0 radical (unpaired) electrons. The van der Waals surface area contributed by atoms with Crippen molar-refractivity contribution in [1.82, 2.24) is 14.7 Å². The van der Waals surface area contributed by atoms with Crippen molar-refractivity contribution in [2.75, 3.05) is 6.54 Å². The number of carbonyl (C=O) groups excluding carboxylic acids is 1. The minimum atomic E-state index is -4.90. The van der Waals surface area contributed by atoms with Crippen molar-refractivity contribution in [3.05, 3.63) is 86.9 Å². The van der Waals surface area contributed by atoms with Crippen LogP contribution in [0.3, 0.4) is 0 Å². The molecule has 1 unspecified atom stereocenters. The van der Waals surface area contributed by atoms with E-state index in [4.69, 9.17) is 23.2 Å². The van der Waals surface area contributed by atoms with Crippen LogP contribution >= 0.6 is 23.2 Å². The van der Waals surface area contributed by atoms with E-state index >= 15 is 0 Å². The van der Waals surface area contributed by atoms with Gasteiger partial charge in [0.05, 0.1) is 23.7 Å². The fourth-order valence-corrected chi connectivity index (χ4v) is 6.02. The summed E-state index contributed by atoms with van der Waals surface area (Å²) in [6.45, 7) is 1.62. The number of aliphatic carboxylic acids is 1. The summed E-state index contributed by atoms with van der Waals surface area (Å²) in [5.74, 6) is -3.45. The Morgan fingerprint density at radius 3 is 2.23 bits per heavy atom. The summed E-state index contributed by atoms with van der Waals surface area (Å²) < 4.78 is 57.6. The summed E-state index contributed by atoms with van der Waals surface area (Å²) in [7, 11) is 0. The molecule has 1 aliphatic rings. The van der Waals surface area contributed by atoms with E-state index in [1.165, 1.54) is 29.2 Å². The number of hydrogen-bond acceptors (Lipinski definition) is 3. The quantitative estimate of drug-likeness (QED) is 0.270. The van der Waals surface area contributed by atoms with Gasteiger partial charge in [0, 0.05) is 29.1 Å². The maximum absolute atomic E-state index is 14.4. The van der Waals surface area contributed by atoms with Gasteiger partial charge in [-0.3, -0.25) is 14.3 Å².